The molecule has 0 saturated carbocycles. The summed E-state index contributed by atoms with van der Waals surface area (Å²) in [5.74, 6) is 0. The van der Waals surface area contributed by atoms with Crippen LogP contribution < -0.4 is 5.73 Å². The highest BCUT2D eigenvalue weighted by Gasteiger charge is 2.32. The predicted molar refractivity (Wildman–Crippen MR) is 50.5 cm³/mol. The van der Waals surface area contributed by atoms with Crippen molar-refractivity contribution in [1.29, 1.82) is 0 Å². The minimum atomic E-state index is -4.13. The molecule has 0 aromatic carbocycles. The Morgan fingerprint density at radius 2 is 2.08 bits per heavy atom. The summed E-state index contributed by atoms with van der Waals surface area (Å²) in [6.45, 7) is 1.39. The van der Waals surface area contributed by atoms with Gasteiger partial charge < -0.3 is 5.73 Å². The van der Waals surface area contributed by atoms with Crippen molar-refractivity contribution >= 4 is 10.1 Å². The second kappa shape index (κ2) is 3.01. The summed E-state index contributed by atoms with van der Waals surface area (Å²) >= 11 is 0. The molecule has 0 bridgehead atoms. The summed E-state index contributed by atoms with van der Waals surface area (Å²) < 4.78 is 29.4. The van der Waals surface area contributed by atoms with Crippen molar-refractivity contribution in [2.45, 2.75) is 11.7 Å². The lowest BCUT2D eigenvalue weighted by molar-refractivity contribution is 0.466. The largest absolute Gasteiger partial charge is 0.399 e. The van der Waals surface area contributed by atoms with E-state index in [0.29, 0.717) is 5.70 Å². The molecular weight excluding hydrogens is 190 g/mol. The van der Waals surface area contributed by atoms with Gasteiger partial charge in [-0.2, -0.15) is 8.42 Å². The van der Waals surface area contributed by atoms with Crippen LogP contribution in [0.3, 0.4) is 0 Å². The molecule has 0 amide bonds. The quantitative estimate of drug-likeness (QED) is 0.609. The second-order valence-electron chi connectivity index (χ2n) is 3.02. The maximum atomic E-state index is 11.0. The third kappa shape index (κ3) is 1.99. The molecule has 0 aliphatic heterocycles. The number of nitrogens with two attached hydrogens (primary N) is 1. The predicted octanol–water partition coefficient (Wildman–Crippen LogP) is 0.602. The first-order valence-corrected chi connectivity index (χ1v) is 5.10. The average molecular weight is 201 g/mol. The van der Waals surface area contributed by atoms with Crippen LogP contribution in [0.2, 0.25) is 0 Å². The number of rotatable bonds is 1. The minimum Gasteiger partial charge on any atom is -0.399 e. The third-order valence-electron chi connectivity index (χ3n) is 1.88. The molecular formula is C8H11NO3S. The van der Waals surface area contributed by atoms with Gasteiger partial charge in [-0.3, -0.25) is 4.55 Å². The van der Waals surface area contributed by atoms with Crippen molar-refractivity contribution in [3.63, 3.8) is 0 Å². The average Bonchev–Trinajstić information content (AvgIpc) is 2.13. The monoisotopic (exact) mass is 201 g/mol. The SMILES string of the molecule is CC1(S(=O)(=O)O)C=CC=C(N)C=C1. The minimum absolute atomic E-state index is 0.448. The van der Waals surface area contributed by atoms with Gasteiger partial charge in [-0.25, -0.2) is 0 Å². The normalized spacial score (nSPS) is 28.3. The Bertz CT molecular complexity index is 392. The molecule has 0 heterocycles. The van der Waals surface area contributed by atoms with E-state index in [9.17, 15) is 8.42 Å². The molecule has 0 spiro atoms. The zero-order valence-electron chi connectivity index (χ0n) is 7.14. The van der Waals surface area contributed by atoms with E-state index in [2.05, 4.69) is 0 Å². The van der Waals surface area contributed by atoms with Gasteiger partial charge in [0.05, 0.1) is 0 Å². The third-order valence-corrected chi connectivity index (χ3v) is 3.26. The molecule has 0 aromatic rings. The van der Waals surface area contributed by atoms with Crippen molar-refractivity contribution in [3.05, 3.63) is 36.1 Å². The highest BCUT2D eigenvalue weighted by atomic mass is 32.2. The van der Waals surface area contributed by atoms with E-state index in [1.165, 1.54) is 31.2 Å². The van der Waals surface area contributed by atoms with E-state index >= 15 is 0 Å². The van der Waals surface area contributed by atoms with Crippen LogP contribution in [0.4, 0.5) is 0 Å². The lowest BCUT2D eigenvalue weighted by atomic mass is 10.1. The zero-order valence-corrected chi connectivity index (χ0v) is 7.95. The Morgan fingerprint density at radius 3 is 2.62 bits per heavy atom. The van der Waals surface area contributed by atoms with Gasteiger partial charge in [0.1, 0.15) is 4.75 Å². The standard InChI is InChI=1S/C8H11NO3S/c1-8(13(10,11)12)5-2-3-7(9)4-6-8/h2-6H,9H2,1H3,(H,10,11,12). The van der Waals surface area contributed by atoms with Gasteiger partial charge in [0.2, 0.25) is 0 Å². The smallest absolute Gasteiger partial charge is 0.277 e. The van der Waals surface area contributed by atoms with Crippen LogP contribution in [-0.2, 0) is 10.1 Å². The van der Waals surface area contributed by atoms with E-state index in [-0.39, 0.29) is 0 Å². The molecule has 1 unspecified atom stereocenters. The fourth-order valence-corrected chi connectivity index (χ4v) is 1.39. The van der Waals surface area contributed by atoms with Crippen LogP contribution in [0.5, 0.6) is 0 Å². The molecule has 1 aliphatic carbocycles. The van der Waals surface area contributed by atoms with Crippen molar-refractivity contribution in [3.8, 4) is 0 Å². The Labute approximate surface area is 77.2 Å². The first-order chi connectivity index (χ1) is 5.85. The van der Waals surface area contributed by atoms with Crippen LogP contribution in [0, 0.1) is 0 Å². The molecule has 0 saturated heterocycles. The molecule has 0 radical (unpaired) electrons. The van der Waals surface area contributed by atoms with Crippen LogP contribution in [0.1, 0.15) is 6.92 Å². The molecule has 1 aliphatic rings. The zero-order chi connectivity index (χ0) is 10.1. The van der Waals surface area contributed by atoms with Crippen molar-refractivity contribution in [2.75, 3.05) is 0 Å². The molecule has 1 rings (SSSR count). The molecule has 4 nitrogen and oxygen atoms in total. The fourth-order valence-electron chi connectivity index (χ4n) is 0.895. The van der Waals surface area contributed by atoms with E-state index in [0.717, 1.165) is 0 Å². The second-order valence-corrected chi connectivity index (χ2v) is 4.85. The Morgan fingerprint density at radius 1 is 1.46 bits per heavy atom. The highest BCUT2D eigenvalue weighted by Crippen LogP contribution is 2.21. The summed E-state index contributed by atoms with van der Waals surface area (Å²) in [6, 6.07) is 0. The highest BCUT2D eigenvalue weighted by molar-refractivity contribution is 7.87. The van der Waals surface area contributed by atoms with Gasteiger partial charge in [-0.15, -0.1) is 0 Å². The molecule has 3 N–H and O–H groups in total. The van der Waals surface area contributed by atoms with Gasteiger partial charge in [0.25, 0.3) is 10.1 Å². The molecule has 13 heavy (non-hydrogen) atoms. The van der Waals surface area contributed by atoms with E-state index < -0.39 is 14.9 Å². The van der Waals surface area contributed by atoms with E-state index in [1.54, 1.807) is 6.08 Å². The summed E-state index contributed by atoms with van der Waals surface area (Å²) in [5.41, 5.74) is 5.89. The molecule has 0 aromatic heterocycles. The van der Waals surface area contributed by atoms with Crippen LogP contribution in [-0.4, -0.2) is 17.7 Å². The van der Waals surface area contributed by atoms with E-state index in [1.807, 2.05) is 0 Å². The summed E-state index contributed by atoms with van der Waals surface area (Å²) in [6.07, 6.45) is 7.24. The topological polar surface area (TPSA) is 80.4 Å². The van der Waals surface area contributed by atoms with E-state index in [4.69, 9.17) is 10.3 Å². The van der Waals surface area contributed by atoms with Gasteiger partial charge in [0.15, 0.2) is 0 Å². The summed E-state index contributed by atoms with van der Waals surface area (Å²) in [4.78, 5) is 0. The lowest BCUT2D eigenvalue weighted by Crippen LogP contribution is -2.30. The van der Waals surface area contributed by atoms with Gasteiger partial charge >= 0.3 is 0 Å². The first-order valence-electron chi connectivity index (χ1n) is 3.66. The molecule has 72 valence electrons. The van der Waals surface area contributed by atoms with Gasteiger partial charge in [0, 0.05) is 5.70 Å². The Kier molecular flexibility index (Phi) is 2.32. The molecule has 0 fully saturated rings. The van der Waals surface area contributed by atoms with Crippen molar-refractivity contribution in [1.82, 2.24) is 0 Å². The van der Waals surface area contributed by atoms with Crippen LogP contribution >= 0.6 is 0 Å². The van der Waals surface area contributed by atoms with Crippen molar-refractivity contribution in [2.24, 2.45) is 5.73 Å². The Balaban J connectivity index is 3.19. The van der Waals surface area contributed by atoms with Gasteiger partial charge in [-0.05, 0) is 19.1 Å². The Hall–Kier alpha value is -1.07. The lowest BCUT2D eigenvalue weighted by Gasteiger charge is -2.16. The summed E-state index contributed by atoms with van der Waals surface area (Å²) in [5, 5.41) is 0. The van der Waals surface area contributed by atoms with Crippen LogP contribution in [0.15, 0.2) is 36.1 Å². The van der Waals surface area contributed by atoms with Gasteiger partial charge in [-0.1, -0.05) is 18.2 Å². The number of hydrogen-bond acceptors (Lipinski definition) is 3. The first kappa shape index (κ1) is 10.0. The van der Waals surface area contributed by atoms with Crippen LogP contribution in [0.25, 0.3) is 0 Å². The number of allylic oxidation sites excluding steroid dienone is 3. The molecule has 5 heteroatoms. The fraction of sp³-hybridized carbons (Fsp3) is 0.250. The number of hydrogen-bond donors (Lipinski definition) is 2. The molecule has 1 atom stereocenters. The van der Waals surface area contributed by atoms with Crippen molar-refractivity contribution < 1.29 is 13.0 Å². The maximum absolute atomic E-state index is 11.0. The maximum Gasteiger partial charge on any atom is 0.277 e. The summed E-state index contributed by atoms with van der Waals surface area (Å²) in [7, 11) is -4.13.